The maximum atomic E-state index is 13.2. The average Bonchev–Trinajstić information content (AvgIpc) is 2.91. The Morgan fingerprint density at radius 3 is 1.95 bits per heavy atom. The summed E-state index contributed by atoms with van der Waals surface area (Å²) in [6.07, 6.45) is -0.0171. The SMILES string of the molecule is COc1ccc2cc(-c3cc(C(C)C)c(CC(=O)NS(=O)(=O)c4ccc(CN(C)C)cc4)c(C(C)C)c3)ccc2c1. The fraction of sp³-hybridized carbons (Fsp3) is 0.324. The zero-order chi connectivity index (χ0) is 29.9. The van der Waals surface area contributed by atoms with E-state index in [-0.39, 0.29) is 23.2 Å². The van der Waals surface area contributed by atoms with E-state index in [2.05, 4.69) is 68.8 Å². The Labute approximate surface area is 244 Å². The molecule has 0 heterocycles. The topological polar surface area (TPSA) is 75.7 Å². The molecule has 0 spiro atoms. The standard InChI is InChI=1S/C34H40N2O4S/c1-22(2)31-18-28(26-10-11-27-17-29(40-7)13-12-25(27)16-26)19-32(23(3)4)33(31)20-34(37)35-41(38,39)30-14-8-24(9-15-30)21-36(5)6/h8-19,22-23H,20-21H2,1-7H3,(H,35,37). The zero-order valence-electron chi connectivity index (χ0n) is 25.0. The minimum atomic E-state index is -3.99. The second kappa shape index (κ2) is 12.5. The number of hydrogen-bond donors (Lipinski definition) is 1. The molecule has 0 fully saturated rings. The first-order chi connectivity index (χ1) is 19.4. The van der Waals surface area contributed by atoms with Gasteiger partial charge >= 0.3 is 0 Å². The molecule has 0 aliphatic rings. The van der Waals surface area contributed by atoms with Crippen LogP contribution in [0.1, 0.15) is 61.8 Å². The Morgan fingerprint density at radius 1 is 0.805 bits per heavy atom. The fourth-order valence-electron chi connectivity index (χ4n) is 5.19. The number of nitrogens with one attached hydrogen (secondary N) is 1. The van der Waals surface area contributed by atoms with Crippen LogP contribution in [0.2, 0.25) is 0 Å². The van der Waals surface area contributed by atoms with Crippen molar-refractivity contribution in [2.45, 2.75) is 57.4 Å². The summed E-state index contributed by atoms with van der Waals surface area (Å²) in [5.41, 5.74) is 6.13. The van der Waals surface area contributed by atoms with Gasteiger partial charge in [0.1, 0.15) is 5.75 Å². The molecule has 0 bridgehead atoms. The third-order valence-corrected chi connectivity index (χ3v) is 8.65. The molecule has 0 saturated heterocycles. The molecule has 41 heavy (non-hydrogen) atoms. The highest BCUT2D eigenvalue weighted by molar-refractivity contribution is 7.90. The van der Waals surface area contributed by atoms with Crippen molar-refractivity contribution in [3.63, 3.8) is 0 Å². The van der Waals surface area contributed by atoms with Crippen LogP contribution in [0.4, 0.5) is 0 Å². The third kappa shape index (κ3) is 7.16. The molecule has 4 aromatic rings. The van der Waals surface area contributed by atoms with Crippen LogP contribution in [0.3, 0.4) is 0 Å². The molecule has 4 rings (SSSR count). The summed E-state index contributed by atoms with van der Waals surface area (Å²) in [7, 11) is 1.58. The molecule has 7 heteroatoms. The van der Waals surface area contributed by atoms with Gasteiger partial charge in [-0.2, -0.15) is 0 Å². The number of methoxy groups -OCH3 is 1. The van der Waals surface area contributed by atoms with Gasteiger partial charge in [0.15, 0.2) is 0 Å². The number of hydrogen-bond acceptors (Lipinski definition) is 5. The Morgan fingerprint density at radius 2 is 1.39 bits per heavy atom. The first-order valence-corrected chi connectivity index (χ1v) is 15.4. The molecule has 0 aliphatic heterocycles. The van der Waals surface area contributed by atoms with Crippen molar-refractivity contribution >= 4 is 26.7 Å². The molecule has 1 amide bonds. The Bertz CT molecular complexity index is 1630. The monoisotopic (exact) mass is 572 g/mol. The minimum Gasteiger partial charge on any atom is -0.497 e. The number of amides is 1. The molecule has 0 atom stereocenters. The number of rotatable bonds is 10. The highest BCUT2D eigenvalue weighted by atomic mass is 32.2. The maximum absolute atomic E-state index is 13.2. The van der Waals surface area contributed by atoms with Crippen molar-refractivity contribution in [1.29, 1.82) is 0 Å². The smallest absolute Gasteiger partial charge is 0.264 e. The number of fused-ring (bicyclic) bond motifs is 1. The summed E-state index contributed by atoms with van der Waals surface area (Å²) in [5.74, 6) is 0.556. The number of sulfonamides is 1. The number of benzene rings is 4. The lowest BCUT2D eigenvalue weighted by molar-refractivity contribution is -0.118. The Hall–Kier alpha value is -3.68. The van der Waals surface area contributed by atoms with E-state index in [4.69, 9.17) is 4.74 Å². The Kier molecular flexibility index (Phi) is 9.20. The van der Waals surface area contributed by atoms with Crippen LogP contribution >= 0.6 is 0 Å². The number of carbonyl (C=O) groups is 1. The number of ether oxygens (including phenoxy) is 1. The van der Waals surface area contributed by atoms with Gasteiger partial charge in [-0.1, -0.05) is 70.2 Å². The van der Waals surface area contributed by atoms with Gasteiger partial charge in [0, 0.05) is 6.54 Å². The van der Waals surface area contributed by atoms with E-state index in [1.165, 1.54) is 0 Å². The molecule has 0 radical (unpaired) electrons. The molecule has 1 N–H and O–H groups in total. The van der Waals surface area contributed by atoms with E-state index in [9.17, 15) is 13.2 Å². The summed E-state index contributed by atoms with van der Waals surface area (Å²) in [6.45, 7) is 9.10. The van der Waals surface area contributed by atoms with Gasteiger partial charge in [-0.05, 0) is 100 Å². The van der Waals surface area contributed by atoms with Crippen molar-refractivity contribution in [3.8, 4) is 16.9 Å². The van der Waals surface area contributed by atoms with Crippen LogP contribution in [-0.4, -0.2) is 40.4 Å². The van der Waals surface area contributed by atoms with E-state index in [0.717, 1.165) is 49.9 Å². The highest BCUT2D eigenvalue weighted by Gasteiger charge is 2.23. The quantitative estimate of drug-likeness (QED) is 0.224. The zero-order valence-corrected chi connectivity index (χ0v) is 25.8. The normalized spacial score (nSPS) is 12.0. The van der Waals surface area contributed by atoms with Gasteiger partial charge in [-0.3, -0.25) is 4.79 Å². The van der Waals surface area contributed by atoms with Crippen molar-refractivity contribution in [1.82, 2.24) is 9.62 Å². The number of nitrogens with zero attached hydrogens (tertiary/aromatic N) is 1. The van der Waals surface area contributed by atoms with Crippen LogP contribution in [0.5, 0.6) is 5.75 Å². The van der Waals surface area contributed by atoms with E-state index in [0.29, 0.717) is 6.54 Å². The molecule has 0 unspecified atom stereocenters. The van der Waals surface area contributed by atoms with Crippen molar-refractivity contribution < 1.29 is 17.9 Å². The molecule has 0 aliphatic carbocycles. The predicted molar refractivity (Wildman–Crippen MR) is 167 cm³/mol. The lowest BCUT2D eigenvalue weighted by atomic mass is 9.83. The first kappa shape index (κ1) is 30.3. The first-order valence-electron chi connectivity index (χ1n) is 13.9. The minimum absolute atomic E-state index is 0.0171. The molecule has 0 aromatic heterocycles. The van der Waals surface area contributed by atoms with E-state index in [1.807, 2.05) is 31.1 Å². The molecular weight excluding hydrogens is 532 g/mol. The van der Waals surface area contributed by atoms with Gasteiger partial charge in [-0.25, -0.2) is 13.1 Å². The molecule has 6 nitrogen and oxygen atoms in total. The largest absolute Gasteiger partial charge is 0.497 e. The summed E-state index contributed by atoms with van der Waals surface area (Å²) in [5, 5.41) is 2.21. The molecule has 0 saturated carbocycles. The van der Waals surface area contributed by atoms with Crippen molar-refractivity contribution in [3.05, 3.63) is 95.1 Å². The van der Waals surface area contributed by atoms with Gasteiger partial charge < -0.3 is 9.64 Å². The highest BCUT2D eigenvalue weighted by Crippen LogP contribution is 2.35. The van der Waals surface area contributed by atoms with E-state index >= 15 is 0 Å². The van der Waals surface area contributed by atoms with Crippen LogP contribution in [0.25, 0.3) is 21.9 Å². The van der Waals surface area contributed by atoms with Crippen molar-refractivity contribution in [2.75, 3.05) is 21.2 Å². The summed E-state index contributed by atoms with van der Waals surface area (Å²) in [6, 6.07) is 23.3. The second-order valence-electron chi connectivity index (χ2n) is 11.5. The summed E-state index contributed by atoms with van der Waals surface area (Å²) < 4.78 is 33.7. The Balaban J connectivity index is 1.65. The maximum Gasteiger partial charge on any atom is 0.264 e. The summed E-state index contributed by atoms with van der Waals surface area (Å²) >= 11 is 0. The van der Waals surface area contributed by atoms with Crippen LogP contribution in [0, 0.1) is 0 Å². The molecule has 216 valence electrons. The van der Waals surface area contributed by atoms with Crippen LogP contribution in [-0.2, 0) is 27.8 Å². The average molecular weight is 573 g/mol. The van der Waals surface area contributed by atoms with Crippen LogP contribution in [0.15, 0.2) is 77.7 Å². The molecule has 4 aromatic carbocycles. The van der Waals surface area contributed by atoms with Gasteiger partial charge in [-0.15, -0.1) is 0 Å². The van der Waals surface area contributed by atoms with Gasteiger partial charge in [0.05, 0.1) is 18.4 Å². The molecular formula is C34H40N2O4S. The van der Waals surface area contributed by atoms with E-state index < -0.39 is 15.9 Å². The van der Waals surface area contributed by atoms with Gasteiger partial charge in [0.25, 0.3) is 10.0 Å². The van der Waals surface area contributed by atoms with E-state index in [1.54, 1.807) is 31.4 Å². The third-order valence-electron chi connectivity index (χ3n) is 7.26. The van der Waals surface area contributed by atoms with Crippen LogP contribution < -0.4 is 9.46 Å². The lowest BCUT2D eigenvalue weighted by Crippen LogP contribution is -2.32. The lowest BCUT2D eigenvalue weighted by Gasteiger charge is -2.22. The van der Waals surface area contributed by atoms with Crippen molar-refractivity contribution in [2.24, 2.45) is 0 Å². The second-order valence-corrected chi connectivity index (χ2v) is 13.1. The predicted octanol–water partition coefficient (Wildman–Crippen LogP) is 6.87. The number of carbonyl (C=O) groups excluding carboxylic acids is 1. The fourth-order valence-corrected chi connectivity index (χ4v) is 6.18. The van der Waals surface area contributed by atoms with Gasteiger partial charge in [0.2, 0.25) is 5.91 Å². The summed E-state index contributed by atoms with van der Waals surface area (Å²) in [4.78, 5) is 15.3.